The van der Waals surface area contributed by atoms with E-state index < -0.39 is 5.97 Å². The molecule has 1 aliphatic heterocycles. The Balaban J connectivity index is 1.44. The lowest BCUT2D eigenvalue weighted by Crippen LogP contribution is -2.23. The Morgan fingerprint density at radius 1 is 1.03 bits per heavy atom. The maximum Gasteiger partial charge on any atom is 0.336 e. The van der Waals surface area contributed by atoms with Crippen LogP contribution in [-0.2, 0) is 16.1 Å². The maximum absolute atomic E-state index is 13.1. The number of carboxylic acid groups (broad SMARTS) is 1. The van der Waals surface area contributed by atoms with Gasteiger partial charge in [-0.15, -0.1) is 0 Å². The predicted octanol–water partition coefficient (Wildman–Crippen LogP) is 5.52. The highest BCUT2D eigenvalue weighted by Crippen LogP contribution is 2.35. The van der Waals surface area contributed by atoms with E-state index in [4.69, 9.17) is 0 Å². The summed E-state index contributed by atoms with van der Waals surface area (Å²) in [6, 6.07) is 21.9. The Labute approximate surface area is 223 Å². The number of amides is 2. The van der Waals surface area contributed by atoms with E-state index >= 15 is 0 Å². The van der Waals surface area contributed by atoms with Crippen molar-refractivity contribution in [1.29, 1.82) is 0 Å². The number of thioether (sulfide) groups is 1. The van der Waals surface area contributed by atoms with Gasteiger partial charge in [0.05, 0.1) is 16.2 Å². The van der Waals surface area contributed by atoms with Crippen molar-refractivity contribution in [3.63, 3.8) is 0 Å². The van der Waals surface area contributed by atoms with Gasteiger partial charge in [0.25, 0.3) is 5.91 Å². The number of fused-ring (bicyclic) bond motifs is 1. The molecule has 5 rings (SSSR count). The number of aromatic nitrogens is 1. The molecule has 0 spiro atoms. The number of nitrogens with zero attached hydrogens (tertiary/aromatic N) is 3. The fraction of sp³-hybridized carbons (Fsp3) is 0.103. The molecule has 1 saturated heterocycles. The third kappa shape index (κ3) is 4.96. The third-order valence-electron chi connectivity index (χ3n) is 6.23. The maximum atomic E-state index is 13.1. The highest BCUT2D eigenvalue weighted by molar-refractivity contribution is 8.18. The van der Waals surface area contributed by atoms with Crippen LogP contribution in [0.1, 0.15) is 21.5 Å². The number of benzene rings is 3. The van der Waals surface area contributed by atoms with Crippen LogP contribution in [0.15, 0.2) is 88.9 Å². The van der Waals surface area contributed by atoms with E-state index in [1.807, 2.05) is 65.4 Å². The van der Waals surface area contributed by atoms with Crippen molar-refractivity contribution in [3.8, 4) is 0 Å². The normalized spacial score (nSPS) is 15.5. The summed E-state index contributed by atoms with van der Waals surface area (Å²) in [5, 5.41) is 13.7. The molecule has 3 aromatic carbocycles. The van der Waals surface area contributed by atoms with Crippen molar-refractivity contribution in [2.24, 2.45) is 4.99 Å². The van der Waals surface area contributed by atoms with E-state index in [0.29, 0.717) is 21.3 Å². The van der Waals surface area contributed by atoms with Gasteiger partial charge in [-0.05, 0) is 60.7 Å². The fourth-order valence-electron chi connectivity index (χ4n) is 4.27. The number of amidine groups is 1. The van der Waals surface area contributed by atoms with Gasteiger partial charge in [-0.2, -0.15) is 0 Å². The van der Waals surface area contributed by atoms with E-state index in [1.165, 1.54) is 22.7 Å². The minimum atomic E-state index is -1.03. The number of anilines is 1. The SMILES string of the molecule is Cc1c(N=C2S/C(=C\c3cn(CC(=O)Nc4ccccc4)c4ccccc34)C(=O)N2C)cccc1C(=O)O. The number of rotatable bonds is 6. The van der Waals surface area contributed by atoms with Crippen LogP contribution in [0.4, 0.5) is 11.4 Å². The molecule has 0 saturated carbocycles. The van der Waals surface area contributed by atoms with E-state index in [0.717, 1.165) is 22.2 Å². The Bertz CT molecular complexity index is 1640. The van der Waals surface area contributed by atoms with Crippen LogP contribution in [0, 0.1) is 6.92 Å². The number of aromatic carboxylic acids is 1. The molecule has 0 atom stereocenters. The molecule has 1 aliphatic rings. The summed E-state index contributed by atoms with van der Waals surface area (Å²) in [5.74, 6) is -1.39. The smallest absolute Gasteiger partial charge is 0.336 e. The average molecular weight is 525 g/mol. The van der Waals surface area contributed by atoms with Crippen LogP contribution < -0.4 is 5.32 Å². The number of hydrogen-bond acceptors (Lipinski definition) is 5. The number of aliphatic imine (C=N–C) groups is 1. The molecule has 0 aliphatic carbocycles. The molecular formula is C29H24N4O4S. The van der Waals surface area contributed by atoms with Crippen molar-refractivity contribution >= 4 is 63.1 Å². The third-order valence-corrected chi connectivity index (χ3v) is 7.29. The zero-order valence-electron chi connectivity index (χ0n) is 20.7. The van der Waals surface area contributed by atoms with Gasteiger partial charge in [0.15, 0.2) is 5.17 Å². The van der Waals surface area contributed by atoms with E-state index in [1.54, 1.807) is 32.2 Å². The minimum absolute atomic E-state index is 0.117. The molecule has 0 radical (unpaired) electrons. The molecular weight excluding hydrogens is 500 g/mol. The Hall–Kier alpha value is -4.63. The molecule has 2 heterocycles. The molecule has 2 N–H and O–H groups in total. The molecule has 1 aromatic heterocycles. The fourth-order valence-corrected chi connectivity index (χ4v) is 5.24. The first-order chi connectivity index (χ1) is 18.3. The van der Waals surface area contributed by atoms with Gasteiger partial charge in [-0.3, -0.25) is 14.5 Å². The average Bonchev–Trinajstić information content (AvgIpc) is 3.37. The van der Waals surface area contributed by atoms with Crippen LogP contribution in [0.2, 0.25) is 0 Å². The highest BCUT2D eigenvalue weighted by atomic mass is 32.2. The van der Waals surface area contributed by atoms with Gasteiger partial charge < -0.3 is 15.0 Å². The first-order valence-corrected chi connectivity index (χ1v) is 12.7. The summed E-state index contributed by atoms with van der Waals surface area (Å²) in [6.07, 6.45) is 3.67. The van der Waals surface area contributed by atoms with Gasteiger partial charge in [0, 0.05) is 35.4 Å². The molecule has 190 valence electrons. The number of carbonyl (C=O) groups is 3. The first kappa shape index (κ1) is 25.0. The predicted molar refractivity (Wildman–Crippen MR) is 151 cm³/mol. The number of carbonyl (C=O) groups excluding carboxylic acids is 2. The second-order valence-electron chi connectivity index (χ2n) is 8.77. The van der Waals surface area contributed by atoms with Gasteiger partial charge in [0.2, 0.25) is 5.91 Å². The number of carboxylic acids is 1. The molecule has 0 bridgehead atoms. The summed E-state index contributed by atoms with van der Waals surface area (Å²) in [4.78, 5) is 43.8. The van der Waals surface area contributed by atoms with Crippen LogP contribution in [-0.4, -0.2) is 44.6 Å². The van der Waals surface area contributed by atoms with Crippen molar-refractivity contribution in [2.45, 2.75) is 13.5 Å². The van der Waals surface area contributed by atoms with Gasteiger partial charge in [-0.1, -0.05) is 42.5 Å². The highest BCUT2D eigenvalue weighted by Gasteiger charge is 2.31. The van der Waals surface area contributed by atoms with Crippen LogP contribution in [0.3, 0.4) is 0 Å². The number of para-hydroxylation sites is 2. The van der Waals surface area contributed by atoms with Crippen molar-refractivity contribution < 1.29 is 19.5 Å². The Morgan fingerprint density at radius 2 is 1.76 bits per heavy atom. The van der Waals surface area contributed by atoms with Gasteiger partial charge >= 0.3 is 5.97 Å². The number of hydrogen-bond donors (Lipinski definition) is 2. The summed E-state index contributed by atoms with van der Waals surface area (Å²) in [6.45, 7) is 1.81. The summed E-state index contributed by atoms with van der Waals surface area (Å²) in [5.41, 5.74) is 3.61. The standard InChI is InChI=1S/C29H24N4O4S/c1-18-21(28(36)37)12-8-13-23(18)31-29-32(2)27(35)25(38-29)15-19-16-33(24-14-7-6-11-22(19)24)17-26(34)30-20-9-4-3-5-10-20/h3-16H,17H2,1-2H3,(H,30,34)(H,36,37)/b25-15-,31-29?. The van der Waals surface area contributed by atoms with Gasteiger partial charge in [-0.25, -0.2) is 9.79 Å². The van der Waals surface area contributed by atoms with E-state index in [9.17, 15) is 19.5 Å². The molecule has 0 unspecified atom stereocenters. The lowest BCUT2D eigenvalue weighted by molar-refractivity contribution is -0.121. The Kier molecular flexibility index (Phi) is 6.85. The summed E-state index contributed by atoms with van der Waals surface area (Å²) >= 11 is 1.22. The topological polar surface area (TPSA) is 104 Å². The molecule has 8 nitrogen and oxygen atoms in total. The zero-order chi connectivity index (χ0) is 26.8. The molecule has 1 fully saturated rings. The largest absolute Gasteiger partial charge is 0.478 e. The zero-order valence-corrected chi connectivity index (χ0v) is 21.5. The Morgan fingerprint density at radius 3 is 2.53 bits per heavy atom. The van der Waals surface area contributed by atoms with Gasteiger partial charge in [0.1, 0.15) is 6.54 Å². The van der Waals surface area contributed by atoms with Crippen LogP contribution in [0.25, 0.3) is 17.0 Å². The molecule has 38 heavy (non-hydrogen) atoms. The minimum Gasteiger partial charge on any atom is -0.478 e. The van der Waals surface area contributed by atoms with Crippen molar-refractivity contribution in [1.82, 2.24) is 9.47 Å². The lowest BCUT2D eigenvalue weighted by Gasteiger charge is -2.09. The first-order valence-electron chi connectivity index (χ1n) is 11.8. The number of nitrogens with one attached hydrogen (secondary N) is 1. The van der Waals surface area contributed by atoms with Crippen molar-refractivity contribution in [2.75, 3.05) is 12.4 Å². The van der Waals surface area contributed by atoms with E-state index in [-0.39, 0.29) is 23.9 Å². The van der Waals surface area contributed by atoms with Crippen molar-refractivity contribution in [3.05, 3.63) is 101 Å². The van der Waals surface area contributed by atoms with Crippen LogP contribution >= 0.6 is 11.8 Å². The second-order valence-corrected chi connectivity index (χ2v) is 9.78. The quantitative estimate of drug-likeness (QED) is 0.323. The monoisotopic (exact) mass is 524 g/mol. The number of likely N-dealkylation sites (N-methyl/N-ethyl adjacent to an activating group) is 1. The molecule has 9 heteroatoms. The van der Waals surface area contributed by atoms with E-state index in [2.05, 4.69) is 10.3 Å². The molecule has 2 amide bonds. The summed E-state index contributed by atoms with van der Waals surface area (Å²) < 4.78 is 1.86. The second kappa shape index (κ2) is 10.4. The lowest BCUT2D eigenvalue weighted by atomic mass is 10.1. The summed E-state index contributed by atoms with van der Waals surface area (Å²) in [7, 11) is 1.64. The molecule has 4 aromatic rings. The van der Waals surface area contributed by atoms with Crippen LogP contribution in [0.5, 0.6) is 0 Å².